The topological polar surface area (TPSA) is 56.5 Å². The van der Waals surface area contributed by atoms with Crippen LogP contribution < -0.4 is 0 Å². The van der Waals surface area contributed by atoms with E-state index < -0.39 is 0 Å². The summed E-state index contributed by atoms with van der Waals surface area (Å²) < 4.78 is 5.57. The molecular formula is C6H6BrN5S. The molecule has 0 amide bonds. The van der Waals surface area contributed by atoms with E-state index in [0.717, 1.165) is 16.7 Å². The van der Waals surface area contributed by atoms with Gasteiger partial charge in [0.1, 0.15) is 0 Å². The van der Waals surface area contributed by atoms with Crippen LogP contribution in [0.5, 0.6) is 0 Å². The number of aromatic nitrogens is 5. The lowest BCUT2D eigenvalue weighted by molar-refractivity contribution is 0.620. The molecule has 0 aromatic carbocycles. The summed E-state index contributed by atoms with van der Waals surface area (Å²) in [5, 5.41) is 14.3. The second kappa shape index (κ2) is 3.93. The average molecular weight is 260 g/mol. The molecule has 5 nitrogen and oxygen atoms in total. The van der Waals surface area contributed by atoms with Crippen molar-refractivity contribution in [2.75, 3.05) is 0 Å². The summed E-state index contributed by atoms with van der Waals surface area (Å²) in [6.07, 6.45) is 1.73. The van der Waals surface area contributed by atoms with Crippen LogP contribution in [-0.2, 0) is 11.9 Å². The van der Waals surface area contributed by atoms with Gasteiger partial charge in [-0.1, -0.05) is 25.6 Å². The summed E-state index contributed by atoms with van der Waals surface area (Å²) in [5.74, 6) is 0. The van der Waals surface area contributed by atoms with E-state index in [9.17, 15) is 0 Å². The zero-order chi connectivity index (χ0) is 9.10. The van der Waals surface area contributed by atoms with Crippen LogP contribution in [0.15, 0.2) is 11.6 Å². The molecule has 7 heteroatoms. The van der Waals surface area contributed by atoms with Crippen LogP contribution >= 0.6 is 27.5 Å². The molecule has 0 aliphatic rings. The van der Waals surface area contributed by atoms with Gasteiger partial charge in [-0.3, -0.25) is 0 Å². The van der Waals surface area contributed by atoms with Crippen molar-refractivity contribution in [3.05, 3.63) is 23.0 Å². The minimum absolute atomic E-state index is 0.636. The highest BCUT2D eigenvalue weighted by Crippen LogP contribution is 2.06. The Hall–Kier alpha value is -0.820. The standard InChI is InChI=1S/C6H6BrN5S/c7-1-6-2-8-10-12(6)3-5-4-13-11-9-5/h2,4H,1,3H2. The van der Waals surface area contributed by atoms with Crippen molar-refractivity contribution in [1.29, 1.82) is 0 Å². The molecule has 0 unspecified atom stereocenters. The van der Waals surface area contributed by atoms with Gasteiger partial charge in [0.2, 0.25) is 0 Å². The number of rotatable bonds is 3. The van der Waals surface area contributed by atoms with Gasteiger partial charge in [-0.2, -0.15) is 0 Å². The maximum Gasteiger partial charge on any atom is 0.0971 e. The Morgan fingerprint density at radius 2 is 2.46 bits per heavy atom. The molecule has 2 heterocycles. The third-order valence-electron chi connectivity index (χ3n) is 1.55. The Labute approximate surface area is 87.1 Å². The number of halogens is 1. The van der Waals surface area contributed by atoms with Crippen molar-refractivity contribution in [2.45, 2.75) is 11.9 Å². The SMILES string of the molecule is BrCc1cnnn1Cc1csnn1. The molecule has 68 valence electrons. The lowest BCUT2D eigenvalue weighted by Crippen LogP contribution is -2.05. The van der Waals surface area contributed by atoms with Gasteiger partial charge in [-0.15, -0.1) is 10.2 Å². The Kier molecular flexibility index (Phi) is 2.65. The maximum absolute atomic E-state index is 3.94. The Bertz CT molecular complexity index is 370. The first kappa shape index (κ1) is 8.76. The van der Waals surface area contributed by atoms with Crippen LogP contribution in [0.4, 0.5) is 0 Å². The highest BCUT2D eigenvalue weighted by molar-refractivity contribution is 9.08. The molecule has 0 spiro atoms. The van der Waals surface area contributed by atoms with Gasteiger partial charge in [0, 0.05) is 10.7 Å². The van der Waals surface area contributed by atoms with E-state index in [-0.39, 0.29) is 0 Å². The van der Waals surface area contributed by atoms with E-state index in [1.54, 1.807) is 10.9 Å². The monoisotopic (exact) mass is 259 g/mol. The Balaban J connectivity index is 2.18. The van der Waals surface area contributed by atoms with Gasteiger partial charge in [-0.05, 0) is 11.5 Å². The van der Waals surface area contributed by atoms with Gasteiger partial charge in [0.25, 0.3) is 0 Å². The van der Waals surface area contributed by atoms with Crippen molar-refractivity contribution in [2.24, 2.45) is 0 Å². The Morgan fingerprint density at radius 1 is 1.54 bits per heavy atom. The maximum atomic E-state index is 3.94. The van der Waals surface area contributed by atoms with Crippen LogP contribution in [0, 0.1) is 0 Å². The number of alkyl halides is 1. The quantitative estimate of drug-likeness (QED) is 0.775. The zero-order valence-corrected chi connectivity index (χ0v) is 8.99. The molecule has 0 N–H and O–H groups in total. The smallest absolute Gasteiger partial charge is 0.0971 e. The molecule has 0 radical (unpaired) electrons. The molecule has 2 rings (SSSR count). The van der Waals surface area contributed by atoms with E-state index in [1.807, 2.05) is 5.38 Å². The highest BCUT2D eigenvalue weighted by Gasteiger charge is 2.04. The largest absolute Gasteiger partial charge is 0.242 e. The van der Waals surface area contributed by atoms with Crippen LogP contribution in [0.3, 0.4) is 0 Å². The highest BCUT2D eigenvalue weighted by atomic mass is 79.9. The predicted octanol–water partition coefficient (Wildman–Crippen LogP) is 1.07. The molecule has 0 atom stereocenters. The summed E-state index contributed by atoms with van der Waals surface area (Å²) in [5.41, 5.74) is 1.95. The first-order valence-electron chi connectivity index (χ1n) is 3.59. The summed E-state index contributed by atoms with van der Waals surface area (Å²) in [7, 11) is 0. The lowest BCUT2D eigenvalue weighted by atomic mass is 10.4. The lowest BCUT2D eigenvalue weighted by Gasteiger charge is -1.99. The fourth-order valence-electron chi connectivity index (χ4n) is 0.922. The average Bonchev–Trinajstić information content (AvgIpc) is 2.76. The van der Waals surface area contributed by atoms with Crippen LogP contribution in [0.1, 0.15) is 11.4 Å². The molecular weight excluding hydrogens is 254 g/mol. The minimum Gasteiger partial charge on any atom is -0.242 e. The molecule has 0 saturated heterocycles. The van der Waals surface area contributed by atoms with E-state index in [2.05, 4.69) is 35.8 Å². The first-order chi connectivity index (χ1) is 6.40. The molecule has 0 aliphatic carbocycles. The van der Waals surface area contributed by atoms with Crippen molar-refractivity contribution < 1.29 is 0 Å². The molecule has 0 fully saturated rings. The van der Waals surface area contributed by atoms with Gasteiger partial charge < -0.3 is 0 Å². The van der Waals surface area contributed by atoms with Crippen molar-refractivity contribution in [3.63, 3.8) is 0 Å². The predicted molar refractivity (Wildman–Crippen MR) is 51.7 cm³/mol. The van der Waals surface area contributed by atoms with Crippen LogP contribution in [-0.4, -0.2) is 24.6 Å². The minimum atomic E-state index is 0.636. The Morgan fingerprint density at radius 3 is 3.15 bits per heavy atom. The second-order valence-electron chi connectivity index (χ2n) is 2.41. The molecule has 2 aromatic rings. The summed E-state index contributed by atoms with van der Waals surface area (Å²) in [4.78, 5) is 0. The van der Waals surface area contributed by atoms with E-state index in [4.69, 9.17) is 0 Å². The molecule has 13 heavy (non-hydrogen) atoms. The van der Waals surface area contributed by atoms with Crippen molar-refractivity contribution in [3.8, 4) is 0 Å². The van der Waals surface area contributed by atoms with Crippen molar-refractivity contribution >= 4 is 27.5 Å². The van der Waals surface area contributed by atoms with E-state index >= 15 is 0 Å². The summed E-state index contributed by atoms with van der Waals surface area (Å²) in [6, 6.07) is 0. The van der Waals surface area contributed by atoms with Crippen LogP contribution in [0.2, 0.25) is 0 Å². The number of hydrogen-bond acceptors (Lipinski definition) is 5. The third-order valence-corrected chi connectivity index (χ3v) is 2.68. The first-order valence-corrected chi connectivity index (χ1v) is 5.55. The molecule has 0 saturated carbocycles. The number of nitrogens with zero attached hydrogens (tertiary/aromatic N) is 5. The second-order valence-corrected chi connectivity index (χ2v) is 3.58. The van der Waals surface area contributed by atoms with Gasteiger partial charge >= 0.3 is 0 Å². The fraction of sp³-hybridized carbons (Fsp3) is 0.333. The zero-order valence-electron chi connectivity index (χ0n) is 6.59. The summed E-state index contributed by atoms with van der Waals surface area (Å²) in [6.45, 7) is 0.636. The normalized spacial score (nSPS) is 10.5. The molecule has 0 aliphatic heterocycles. The third kappa shape index (κ3) is 1.92. The van der Waals surface area contributed by atoms with Gasteiger partial charge in [-0.25, -0.2) is 4.68 Å². The van der Waals surface area contributed by atoms with E-state index in [0.29, 0.717) is 6.54 Å². The van der Waals surface area contributed by atoms with E-state index in [1.165, 1.54) is 11.5 Å². The number of hydrogen-bond donors (Lipinski definition) is 0. The molecule has 0 bridgehead atoms. The van der Waals surface area contributed by atoms with Crippen molar-refractivity contribution in [1.82, 2.24) is 24.6 Å². The van der Waals surface area contributed by atoms with Gasteiger partial charge in [0.15, 0.2) is 0 Å². The fourth-order valence-corrected chi connectivity index (χ4v) is 1.80. The van der Waals surface area contributed by atoms with Gasteiger partial charge in [0.05, 0.1) is 24.1 Å². The molecule has 2 aromatic heterocycles. The van der Waals surface area contributed by atoms with Crippen LogP contribution in [0.25, 0.3) is 0 Å². The summed E-state index contributed by atoms with van der Waals surface area (Å²) >= 11 is 4.70.